The maximum absolute atomic E-state index is 13.6. The minimum absolute atomic E-state index is 0.0402. The van der Waals surface area contributed by atoms with Crippen molar-refractivity contribution in [1.82, 2.24) is 15.6 Å². The van der Waals surface area contributed by atoms with Gasteiger partial charge in [0.2, 0.25) is 0 Å². The Morgan fingerprint density at radius 2 is 1.71 bits per heavy atom. The summed E-state index contributed by atoms with van der Waals surface area (Å²) in [5, 5.41) is 16.9. The molecule has 3 aliphatic carbocycles. The third kappa shape index (κ3) is 5.35. The molecule has 3 fully saturated rings. The van der Waals surface area contributed by atoms with Gasteiger partial charge in [-0.15, -0.1) is 0 Å². The lowest BCUT2D eigenvalue weighted by atomic mass is 9.60. The molecule has 2 amide bonds. The SMILES string of the molecule is O=C(COc1ccc(Cl)c(F)c1)NC12CCC(NC(=O)c3ccc(-c4ccc(F)cc4)cn3)(CC1)C[C@@H]2O. The van der Waals surface area contributed by atoms with Crippen molar-refractivity contribution in [2.45, 2.75) is 49.3 Å². The van der Waals surface area contributed by atoms with Gasteiger partial charge >= 0.3 is 0 Å². The first-order chi connectivity index (χ1) is 18.2. The molecule has 1 heterocycles. The lowest BCUT2D eigenvalue weighted by Crippen LogP contribution is -2.70. The summed E-state index contributed by atoms with van der Waals surface area (Å²) in [5.41, 5.74) is 0.379. The number of aliphatic hydroxyl groups is 1. The number of pyridine rings is 1. The van der Waals surface area contributed by atoms with Crippen LogP contribution in [0, 0.1) is 11.6 Å². The Balaban J connectivity index is 1.17. The lowest BCUT2D eigenvalue weighted by Gasteiger charge is -2.56. The van der Waals surface area contributed by atoms with E-state index in [1.54, 1.807) is 30.5 Å². The van der Waals surface area contributed by atoms with Crippen LogP contribution in [0.5, 0.6) is 5.75 Å². The molecule has 3 aliphatic rings. The van der Waals surface area contributed by atoms with Gasteiger partial charge < -0.3 is 20.5 Å². The summed E-state index contributed by atoms with van der Waals surface area (Å²) in [6.45, 7) is -0.336. The van der Waals surface area contributed by atoms with Crippen LogP contribution in [0.1, 0.15) is 42.6 Å². The first-order valence-electron chi connectivity index (χ1n) is 12.3. The lowest BCUT2D eigenvalue weighted by molar-refractivity contribution is -0.132. The zero-order valence-corrected chi connectivity index (χ0v) is 21.1. The molecule has 3 saturated carbocycles. The molecule has 38 heavy (non-hydrogen) atoms. The Morgan fingerprint density at radius 1 is 1.00 bits per heavy atom. The Bertz CT molecular complexity index is 1340. The number of carbonyl (C=O) groups excluding carboxylic acids is 2. The van der Waals surface area contributed by atoms with Crippen LogP contribution in [0.25, 0.3) is 11.1 Å². The molecule has 6 rings (SSSR count). The quantitative estimate of drug-likeness (QED) is 0.411. The number of hydrogen-bond donors (Lipinski definition) is 3. The predicted octanol–water partition coefficient (Wildman–Crippen LogP) is 4.42. The number of benzene rings is 2. The fourth-order valence-corrected chi connectivity index (χ4v) is 5.45. The molecule has 2 aromatic carbocycles. The number of fused-ring (bicyclic) bond motifs is 3. The standard InChI is InChI=1S/C28H26ClF2N3O4/c29-21-7-6-20(13-22(21)31)38-16-25(36)33-28-11-9-27(10-12-28,14-24(28)35)34-26(37)23-8-3-18(15-32-23)17-1-4-19(30)5-2-17/h1-8,13,15,24,35H,9-12,14,16H2,(H,33,36)(H,34,37)/t24-,27?,28?/m0/s1. The molecule has 0 aliphatic heterocycles. The first kappa shape index (κ1) is 26.1. The van der Waals surface area contributed by atoms with Crippen LogP contribution in [0.3, 0.4) is 0 Å². The first-order valence-corrected chi connectivity index (χ1v) is 12.7. The van der Waals surface area contributed by atoms with E-state index >= 15 is 0 Å². The van der Waals surface area contributed by atoms with Gasteiger partial charge in [-0.3, -0.25) is 14.6 Å². The third-order valence-electron chi connectivity index (χ3n) is 7.52. The van der Waals surface area contributed by atoms with Gasteiger partial charge in [-0.1, -0.05) is 29.8 Å². The number of aliphatic hydroxyl groups excluding tert-OH is 1. The molecule has 0 radical (unpaired) electrons. The highest BCUT2D eigenvalue weighted by molar-refractivity contribution is 6.30. The second kappa shape index (κ2) is 10.3. The normalized spacial score (nSPS) is 24.1. The molecule has 2 bridgehead atoms. The molecule has 3 aromatic rings. The fraction of sp³-hybridized carbons (Fsp3) is 0.321. The van der Waals surface area contributed by atoms with E-state index in [0.717, 1.165) is 17.2 Å². The largest absolute Gasteiger partial charge is 0.484 e. The number of aromatic nitrogens is 1. The Labute approximate surface area is 223 Å². The maximum atomic E-state index is 13.6. The van der Waals surface area contributed by atoms with E-state index in [0.29, 0.717) is 25.7 Å². The molecule has 10 heteroatoms. The molecule has 1 atom stereocenters. The third-order valence-corrected chi connectivity index (χ3v) is 7.83. The number of nitrogens with zero attached hydrogens (tertiary/aromatic N) is 1. The van der Waals surface area contributed by atoms with Crippen molar-refractivity contribution in [2.75, 3.05) is 6.61 Å². The van der Waals surface area contributed by atoms with Crippen LogP contribution in [0.15, 0.2) is 60.8 Å². The van der Waals surface area contributed by atoms with Gasteiger partial charge in [0.1, 0.15) is 23.1 Å². The van der Waals surface area contributed by atoms with Crippen molar-refractivity contribution in [3.8, 4) is 16.9 Å². The number of nitrogens with one attached hydrogen (secondary N) is 2. The second-order valence-electron chi connectivity index (χ2n) is 9.96. The zero-order valence-electron chi connectivity index (χ0n) is 20.3. The van der Waals surface area contributed by atoms with Crippen molar-refractivity contribution in [1.29, 1.82) is 0 Å². The fourth-order valence-electron chi connectivity index (χ4n) is 5.34. The maximum Gasteiger partial charge on any atom is 0.270 e. The van der Waals surface area contributed by atoms with Crippen molar-refractivity contribution >= 4 is 23.4 Å². The van der Waals surface area contributed by atoms with Gasteiger partial charge in [0.25, 0.3) is 11.8 Å². The van der Waals surface area contributed by atoms with Crippen LogP contribution in [0.2, 0.25) is 5.02 Å². The number of carbonyl (C=O) groups is 2. The van der Waals surface area contributed by atoms with Crippen molar-refractivity contribution in [3.05, 3.63) is 83.1 Å². The Morgan fingerprint density at radius 3 is 2.34 bits per heavy atom. The molecule has 0 saturated heterocycles. The van der Waals surface area contributed by atoms with Gasteiger partial charge in [0.05, 0.1) is 16.7 Å². The Kier molecular flexibility index (Phi) is 7.07. The van der Waals surface area contributed by atoms with Gasteiger partial charge in [0.15, 0.2) is 6.61 Å². The van der Waals surface area contributed by atoms with E-state index in [2.05, 4.69) is 15.6 Å². The van der Waals surface area contributed by atoms with Crippen molar-refractivity contribution < 1.29 is 28.2 Å². The minimum atomic E-state index is -0.865. The Hall–Kier alpha value is -3.56. The molecule has 198 valence electrons. The molecular weight excluding hydrogens is 516 g/mol. The second-order valence-corrected chi connectivity index (χ2v) is 10.4. The van der Waals surface area contributed by atoms with Gasteiger partial charge in [-0.2, -0.15) is 0 Å². The van der Waals surface area contributed by atoms with Gasteiger partial charge in [0, 0.05) is 23.4 Å². The number of ether oxygens (including phenoxy) is 1. The van der Waals surface area contributed by atoms with Gasteiger partial charge in [-0.25, -0.2) is 8.78 Å². The van der Waals surface area contributed by atoms with E-state index in [9.17, 15) is 23.5 Å². The highest BCUT2D eigenvalue weighted by Crippen LogP contribution is 2.47. The smallest absolute Gasteiger partial charge is 0.270 e. The van der Waals surface area contributed by atoms with Crippen LogP contribution in [-0.2, 0) is 4.79 Å². The highest BCUT2D eigenvalue weighted by Gasteiger charge is 2.55. The topological polar surface area (TPSA) is 101 Å². The molecule has 0 spiro atoms. The zero-order chi connectivity index (χ0) is 26.9. The van der Waals surface area contributed by atoms with E-state index in [1.807, 2.05) is 0 Å². The molecule has 1 aromatic heterocycles. The molecular formula is C28H26ClF2N3O4. The molecule has 3 N–H and O–H groups in total. The summed E-state index contributed by atoms with van der Waals surface area (Å²) in [5.74, 6) is -1.57. The monoisotopic (exact) mass is 541 g/mol. The van der Waals surface area contributed by atoms with Crippen LogP contribution in [0.4, 0.5) is 8.78 Å². The average molecular weight is 542 g/mol. The van der Waals surface area contributed by atoms with Gasteiger partial charge in [-0.05, 0) is 68.0 Å². The van der Waals surface area contributed by atoms with Crippen molar-refractivity contribution in [2.24, 2.45) is 0 Å². The van der Waals surface area contributed by atoms with Crippen LogP contribution in [-0.4, -0.2) is 45.7 Å². The summed E-state index contributed by atoms with van der Waals surface area (Å²) in [6.07, 6.45) is 3.10. The predicted molar refractivity (Wildman–Crippen MR) is 137 cm³/mol. The summed E-state index contributed by atoms with van der Waals surface area (Å²) >= 11 is 5.66. The molecule has 0 unspecified atom stereocenters. The van der Waals surface area contributed by atoms with Crippen LogP contribution < -0.4 is 15.4 Å². The van der Waals surface area contributed by atoms with Crippen molar-refractivity contribution in [3.63, 3.8) is 0 Å². The van der Waals surface area contributed by atoms with E-state index in [-0.39, 0.29) is 41.2 Å². The van der Waals surface area contributed by atoms with E-state index < -0.39 is 28.9 Å². The van der Waals surface area contributed by atoms with E-state index in [1.165, 1.54) is 24.3 Å². The minimum Gasteiger partial charge on any atom is -0.484 e. The van der Waals surface area contributed by atoms with Crippen LogP contribution >= 0.6 is 11.6 Å². The number of halogens is 3. The summed E-state index contributed by atoms with van der Waals surface area (Å²) < 4.78 is 32.1. The number of amides is 2. The summed E-state index contributed by atoms with van der Waals surface area (Å²) in [7, 11) is 0. The summed E-state index contributed by atoms with van der Waals surface area (Å²) in [6, 6.07) is 13.3. The summed E-state index contributed by atoms with van der Waals surface area (Å²) in [4.78, 5) is 29.9. The van der Waals surface area contributed by atoms with E-state index in [4.69, 9.17) is 16.3 Å². The molecule has 7 nitrogen and oxygen atoms in total. The number of hydrogen-bond acceptors (Lipinski definition) is 5. The average Bonchev–Trinajstić information content (AvgIpc) is 2.91. The number of rotatable bonds is 7. The highest BCUT2D eigenvalue weighted by atomic mass is 35.5.